The van der Waals surface area contributed by atoms with Gasteiger partial charge in [0.1, 0.15) is 0 Å². The molecule has 2 nitrogen and oxygen atoms in total. The minimum Gasteiger partial charge on any atom is -0.478 e. The summed E-state index contributed by atoms with van der Waals surface area (Å²) in [6.07, 6.45) is 0. The summed E-state index contributed by atoms with van der Waals surface area (Å²) in [5.41, 5.74) is 0.986. The number of aromatic carboxylic acids is 1. The number of carboxylic acids is 1. The van der Waals surface area contributed by atoms with Crippen molar-refractivity contribution < 1.29 is 9.90 Å². The van der Waals surface area contributed by atoms with E-state index in [9.17, 15) is 4.79 Å². The number of rotatable bonds is 1. The van der Waals surface area contributed by atoms with E-state index in [1.54, 1.807) is 19.1 Å². The second kappa shape index (κ2) is 4.87. The van der Waals surface area contributed by atoms with Crippen LogP contribution < -0.4 is 0 Å². The Hall–Kier alpha value is -0.0200. The van der Waals surface area contributed by atoms with Crippen molar-refractivity contribution in [3.63, 3.8) is 0 Å². The Bertz CT molecular complexity index is 299. The first-order chi connectivity index (χ1) is 5.11. The van der Waals surface area contributed by atoms with Crippen LogP contribution in [0.2, 0.25) is 5.02 Å². The third-order valence-corrected chi connectivity index (χ3v) is 1.65. The summed E-state index contributed by atoms with van der Waals surface area (Å²) in [6.45, 7) is 1.72. The fourth-order valence-electron chi connectivity index (χ4n) is 0.867. The standard InChI is InChI=1S/C8H7ClO2.Na/c1-5-4-6(9)2-3-7(5)8(10)11;/h2-4H,1H3,(H,10,11);. The van der Waals surface area contributed by atoms with E-state index >= 15 is 0 Å². The Labute approximate surface area is 97.8 Å². The van der Waals surface area contributed by atoms with Crippen molar-refractivity contribution in [2.24, 2.45) is 0 Å². The van der Waals surface area contributed by atoms with Crippen molar-refractivity contribution in [2.45, 2.75) is 6.92 Å². The molecule has 1 radical (unpaired) electrons. The fraction of sp³-hybridized carbons (Fsp3) is 0.125. The normalized spacial score (nSPS) is 8.83. The van der Waals surface area contributed by atoms with Crippen LogP contribution in [0, 0.1) is 6.92 Å². The zero-order valence-electron chi connectivity index (χ0n) is 6.97. The molecule has 1 aromatic carbocycles. The van der Waals surface area contributed by atoms with E-state index in [2.05, 4.69) is 0 Å². The van der Waals surface area contributed by atoms with Gasteiger partial charge in [-0.3, -0.25) is 0 Å². The van der Waals surface area contributed by atoms with Gasteiger partial charge in [0.05, 0.1) is 5.56 Å². The Morgan fingerprint density at radius 2 is 2.08 bits per heavy atom. The number of carbonyl (C=O) groups is 1. The monoisotopic (exact) mass is 193 g/mol. The summed E-state index contributed by atoms with van der Waals surface area (Å²) < 4.78 is 0. The summed E-state index contributed by atoms with van der Waals surface area (Å²) in [5.74, 6) is -0.917. The van der Waals surface area contributed by atoms with E-state index in [-0.39, 0.29) is 29.6 Å². The molecule has 1 N–H and O–H groups in total. The van der Waals surface area contributed by atoms with Gasteiger partial charge in [-0.1, -0.05) is 11.6 Å². The molecule has 4 heteroatoms. The van der Waals surface area contributed by atoms with Gasteiger partial charge in [0, 0.05) is 34.6 Å². The number of benzene rings is 1. The number of hydrogen-bond acceptors (Lipinski definition) is 1. The zero-order valence-corrected chi connectivity index (χ0v) is 9.72. The Morgan fingerprint density at radius 1 is 1.50 bits per heavy atom. The van der Waals surface area contributed by atoms with Gasteiger partial charge in [0.25, 0.3) is 0 Å². The van der Waals surface area contributed by atoms with Crippen LogP contribution in [0.3, 0.4) is 0 Å². The molecular weight excluding hydrogens is 187 g/mol. The minimum atomic E-state index is -0.917. The van der Waals surface area contributed by atoms with Crippen LogP contribution in [0.5, 0.6) is 0 Å². The summed E-state index contributed by atoms with van der Waals surface area (Å²) in [7, 11) is 0. The topological polar surface area (TPSA) is 37.3 Å². The van der Waals surface area contributed by atoms with E-state index in [1.807, 2.05) is 0 Å². The SMILES string of the molecule is Cc1cc(Cl)ccc1C(=O)O.[Na]. The first-order valence-corrected chi connectivity index (χ1v) is 3.48. The van der Waals surface area contributed by atoms with Crippen molar-refractivity contribution in [1.29, 1.82) is 0 Å². The molecule has 0 spiro atoms. The number of halogens is 1. The van der Waals surface area contributed by atoms with Crippen LogP contribution >= 0.6 is 11.6 Å². The third-order valence-electron chi connectivity index (χ3n) is 1.42. The van der Waals surface area contributed by atoms with Crippen LogP contribution in [-0.2, 0) is 0 Å². The molecule has 0 amide bonds. The van der Waals surface area contributed by atoms with E-state index in [0.717, 1.165) is 0 Å². The van der Waals surface area contributed by atoms with E-state index in [0.29, 0.717) is 16.1 Å². The molecule has 0 aliphatic carbocycles. The summed E-state index contributed by atoms with van der Waals surface area (Å²) in [5, 5.41) is 9.18. The maximum absolute atomic E-state index is 10.5. The quantitative estimate of drug-likeness (QED) is 0.693. The molecule has 0 saturated carbocycles. The van der Waals surface area contributed by atoms with E-state index < -0.39 is 5.97 Å². The molecule has 0 fully saturated rings. The van der Waals surface area contributed by atoms with Crippen molar-refractivity contribution in [3.05, 3.63) is 34.3 Å². The second-order valence-corrected chi connectivity index (χ2v) is 2.70. The zero-order chi connectivity index (χ0) is 8.43. The largest absolute Gasteiger partial charge is 0.478 e. The molecule has 59 valence electrons. The Kier molecular flexibility index (Phi) is 4.87. The van der Waals surface area contributed by atoms with Gasteiger partial charge >= 0.3 is 5.97 Å². The molecular formula is C8H7ClNaO2. The van der Waals surface area contributed by atoms with E-state index in [1.165, 1.54) is 6.07 Å². The molecule has 0 bridgehead atoms. The van der Waals surface area contributed by atoms with Gasteiger partial charge in [-0.15, -0.1) is 0 Å². The second-order valence-electron chi connectivity index (χ2n) is 2.26. The molecule has 12 heavy (non-hydrogen) atoms. The van der Waals surface area contributed by atoms with Gasteiger partial charge in [0.2, 0.25) is 0 Å². The van der Waals surface area contributed by atoms with Crippen molar-refractivity contribution in [1.82, 2.24) is 0 Å². The van der Waals surface area contributed by atoms with Gasteiger partial charge in [-0.2, -0.15) is 0 Å². The summed E-state index contributed by atoms with van der Waals surface area (Å²) in [6, 6.07) is 4.70. The van der Waals surface area contributed by atoms with Gasteiger partial charge in [0.15, 0.2) is 0 Å². The molecule has 0 aliphatic rings. The van der Waals surface area contributed by atoms with Crippen LogP contribution in [0.4, 0.5) is 0 Å². The molecule has 0 heterocycles. The van der Waals surface area contributed by atoms with Gasteiger partial charge < -0.3 is 5.11 Å². The molecule has 1 aromatic rings. The molecule has 0 aliphatic heterocycles. The minimum absolute atomic E-state index is 0. The Balaban J connectivity index is 0.00000121. The van der Waals surface area contributed by atoms with Gasteiger partial charge in [-0.05, 0) is 30.7 Å². The average molecular weight is 194 g/mol. The number of hydrogen-bond donors (Lipinski definition) is 1. The fourth-order valence-corrected chi connectivity index (χ4v) is 1.09. The maximum Gasteiger partial charge on any atom is 0.335 e. The van der Waals surface area contributed by atoms with Crippen molar-refractivity contribution in [2.75, 3.05) is 0 Å². The molecule has 0 aromatic heterocycles. The molecule has 0 atom stereocenters. The predicted molar refractivity (Wildman–Crippen MR) is 48.9 cm³/mol. The van der Waals surface area contributed by atoms with Crippen LogP contribution in [0.25, 0.3) is 0 Å². The number of aryl methyl sites for hydroxylation is 1. The molecule has 0 saturated heterocycles. The number of carboxylic acid groups (broad SMARTS) is 1. The predicted octanol–water partition coefficient (Wildman–Crippen LogP) is 1.97. The van der Waals surface area contributed by atoms with Gasteiger partial charge in [-0.25, -0.2) is 4.79 Å². The summed E-state index contributed by atoms with van der Waals surface area (Å²) in [4.78, 5) is 10.5. The smallest absolute Gasteiger partial charge is 0.335 e. The molecule has 1 rings (SSSR count). The van der Waals surface area contributed by atoms with Crippen LogP contribution in [0.15, 0.2) is 18.2 Å². The Morgan fingerprint density at radius 3 is 2.50 bits per heavy atom. The average Bonchev–Trinajstić information content (AvgIpc) is 1.85. The van der Waals surface area contributed by atoms with Crippen LogP contribution in [0.1, 0.15) is 15.9 Å². The third kappa shape index (κ3) is 2.79. The molecule has 0 unspecified atom stereocenters. The first-order valence-electron chi connectivity index (χ1n) is 3.10. The first kappa shape index (κ1) is 12.0. The maximum atomic E-state index is 10.5. The van der Waals surface area contributed by atoms with Crippen LogP contribution in [-0.4, -0.2) is 40.6 Å². The van der Waals surface area contributed by atoms with E-state index in [4.69, 9.17) is 16.7 Å². The van der Waals surface area contributed by atoms with Crippen molar-refractivity contribution in [3.8, 4) is 0 Å². The summed E-state index contributed by atoms with van der Waals surface area (Å²) >= 11 is 5.63. The van der Waals surface area contributed by atoms with Crippen molar-refractivity contribution >= 4 is 47.1 Å².